The molecule has 0 unspecified atom stereocenters. The predicted molar refractivity (Wildman–Crippen MR) is 79.0 cm³/mol. The van der Waals surface area contributed by atoms with Crippen molar-refractivity contribution in [3.05, 3.63) is 70.8 Å². The van der Waals surface area contributed by atoms with Crippen LogP contribution in [0.5, 0.6) is 0 Å². The Hall–Kier alpha value is -2.53. The van der Waals surface area contributed by atoms with E-state index in [2.05, 4.69) is 4.98 Å². The molecule has 1 aliphatic heterocycles. The summed E-state index contributed by atoms with van der Waals surface area (Å²) in [6.07, 6.45) is 3.18. The molecule has 0 spiro atoms. The van der Waals surface area contributed by atoms with Crippen molar-refractivity contribution in [2.24, 2.45) is 0 Å². The number of nitrogens with zero attached hydrogens (tertiary/aromatic N) is 2. The van der Waals surface area contributed by atoms with Gasteiger partial charge in [-0.05, 0) is 29.3 Å². The number of carbonyl (C=O) groups is 2. The van der Waals surface area contributed by atoms with E-state index >= 15 is 0 Å². The van der Waals surface area contributed by atoms with Crippen molar-refractivity contribution in [3.63, 3.8) is 0 Å². The second-order valence-corrected chi connectivity index (χ2v) is 5.13. The van der Waals surface area contributed by atoms with Gasteiger partial charge < -0.3 is 0 Å². The van der Waals surface area contributed by atoms with Crippen LogP contribution in [0.1, 0.15) is 11.1 Å². The van der Waals surface area contributed by atoms with Gasteiger partial charge in [0.25, 0.3) is 11.8 Å². The van der Waals surface area contributed by atoms with Gasteiger partial charge in [0.15, 0.2) is 0 Å². The number of hydrogen-bond donors (Lipinski definition) is 0. The molecule has 0 radical (unpaired) electrons. The average molecular weight is 317 g/mol. The minimum Gasteiger partial charge on any atom is -0.269 e. The van der Waals surface area contributed by atoms with Crippen LogP contribution in [-0.4, -0.2) is 21.7 Å². The van der Waals surface area contributed by atoms with E-state index in [0.717, 1.165) is 4.90 Å². The lowest BCUT2D eigenvalue weighted by atomic mass is 10.1. The smallest absolute Gasteiger partial charge is 0.269 e. The van der Waals surface area contributed by atoms with E-state index in [-0.39, 0.29) is 17.2 Å². The molecule has 0 aliphatic carbocycles. The molecule has 0 bridgehead atoms. The van der Waals surface area contributed by atoms with Crippen LogP contribution in [0.25, 0.3) is 5.57 Å². The van der Waals surface area contributed by atoms with Crippen molar-refractivity contribution in [2.45, 2.75) is 6.54 Å². The largest absolute Gasteiger partial charge is 0.273 e. The fourth-order valence-corrected chi connectivity index (χ4v) is 2.52. The molecule has 1 aliphatic rings. The van der Waals surface area contributed by atoms with Gasteiger partial charge in [0.1, 0.15) is 10.8 Å². The molecule has 4 nitrogen and oxygen atoms in total. The van der Waals surface area contributed by atoms with Gasteiger partial charge in [-0.1, -0.05) is 29.8 Å². The van der Waals surface area contributed by atoms with E-state index in [4.69, 9.17) is 11.6 Å². The van der Waals surface area contributed by atoms with Gasteiger partial charge in [-0.3, -0.25) is 19.5 Å². The molecule has 3 rings (SSSR count). The summed E-state index contributed by atoms with van der Waals surface area (Å²) in [6.45, 7) is 0.0897. The molecule has 2 heterocycles. The summed E-state index contributed by atoms with van der Waals surface area (Å²) in [4.78, 5) is 29.7. The third-order valence-corrected chi connectivity index (χ3v) is 3.66. The van der Waals surface area contributed by atoms with Gasteiger partial charge in [0, 0.05) is 12.4 Å². The first kappa shape index (κ1) is 14.4. The maximum atomic E-state index is 13.0. The van der Waals surface area contributed by atoms with Gasteiger partial charge in [-0.25, -0.2) is 4.39 Å². The summed E-state index contributed by atoms with van der Waals surface area (Å²) in [7, 11) is 0. The topological polar surface area (TPSA) is 50.3 Å². The van der Waals surface area contributed by atoms with E-state index < -0.39 is 17.6 Å². The monoisotopic (exact) mass is 316 g/mol. The normalized spacial score (nSPS) is 14.9. The third-order valence-electron chi connectivity index (χ3n) is 3.31. The molecule has 1 aromatic carbocycles. The summed E-state index contributed by atoms with van der Waals surface area (Å²) in [5.74, 6) is -1.48. The fraction of sp³-hybridized carbons (Fsp3) is 0.0625. The number of halogens is 2. The Kier molecular flexibility index (Phi) is 3.73. The number of aromatic nitrogens is 1. The zero-order valence-electron chi connectivity index (χ0n) is 11.3. The van der Waals surface area contributed by atoms with Crippen molar-refractivity contribution in [1.82, 2.24) is 9.88 Å². The van der Waals surface area contributed by atoms with Crippen molar-refractivity contribution in [1.29, 1.82) is 0 Å². The number of rotatable bonds is 3. The first-order chi connectivity index (χ1) is 10.6. The van der Waals surface area contributed by atoms with Crippen LogP contribution in [-0.2, 0) is 16.1 Å². The molecule has 0 saturated heterocycles. The van der Waals surface area contributed by atoms with E-state index in [1.807, 2.05) is 0 Å². The highest BCUT2D eigenvalue weighted by atomic mass is 35.5. The zero-order chi connectivity index (χ0) is 15.7. The Labute approximate surface area is 130 Å². The van der Waals surface area contributed by atoms with Gasteiger partial charge in [-0.15, -0.1) is 0 Å². The fourth-order valence-electron chi connectivity index (χ4n) is 2.23. The number of benzene rings is 1. The molecule has 0 saturated carbocycles. The molecule has 1 aromatic heterocycles. The molecule has 2 aromatic rings. The average Bonchev–Trinajstić information content (AvgIpc) is 2.73. The van der Waals surface area contributed by atoms with Gasteiger partial charge in [0.05, 0.1) is 12.1 Å². The first-order valence-electron chi connectivity index (χ1n) is 6.48. The van der Waals surface area contributed by atoms with Crippen molar-refractivity contribution < 1.29 is 14.0 Å². The highest BCUT2D eigenvalue weighted by Gasteiger charge is 2.38. The van der Waals surface area contributed by atoms with Crippen molar-refractivity contribution in [2.75, 3.05) is 0 Å². The zero-order valence-corrected chi connectivity index (χ0v) is 12.0. The van der Waals surface area contributed by atoms with Crippen LogP contribution in [0.15, 0.2) is 53.8 Å². The van der Waals surface area contributed by atoms with Crippen LogP contribution in [0.4, 0.5) is 4.39 Å². The van der Waals surface area contributed by atoms with Gasteiger partial charge >= 0.3 is 0 Å². The minimum absolute atomic E-state index is 0.0897. The number of pyridine rings is 1. The summed E-state index contributed by atoms with van der Waals surface area (Å²) < 4.78 is 13.0. The summed E-state index contributed by atoms with van der Waals surface area (Å²) in [5, 5.41) is -0.152. The van der Waals surface area contributed by atoms with Crippen LogP contribution >= 0.6 is 11.6 Å². The van der Waals surface area contributed by atoms with Crippen LogP contribution in [0.3, 0.4) is 0 Å². The third kappa shape index (κ3) is 2.51. The highest BCUT2D eigenvalue weighted by Crippen LogP contribution is 2.32. The Bertz CT molecular complexity index is 772. The highest BCUT2D eigenvalue weighted by molar-refractivity contribution is 6.55. The summed E-state index contributed by atoms with van der Waals surface area (Å²) in [6, 6.07) is 8.76. The molecule has 22 heavy (non-hydrogen) atoms. The number of carbonyl (C=O) groups excluding carboxylic acids is 2. The number of amides is 2. The number of hydrogen-bond acceptors (Lipinski definition) is 3. The molecule has 2 amide bonds. The van der Waals surface area contributed by atoms with E-state index in [1.165, 1.54) is 24.3 Å². The molecule has 0 N–H and O–H groups in total. The van der Waals surface area contributed by atoms with Crippen LogP contribution < -0.4 is 0 Å². The van der Waals surface area contributed by atoms with Crippen molar-refractivity contribution in [3.8, 4) is 0 Å². The van der Waals surface area contributed by atoms with E-state index in [0.29, 0.717) is 11.1 Å². The molecule has 0 atom stereocenters. The first-order valence-corrected chi connectivity index (χ1v) is 6.86. The maximum Gasteiger partial charge on any atom is 0.273 e. The summed E-state index contributed by atoms with van der Waals surface area (Å²) >= 11 is 6.02. The maximum absolute atomic E-state index is 13.0. The lowest BCUT2D eigenvalue weighted by Gasteiger charge is -2.14. The molecular weight excluding hydrogens is 307 g/mol. The lowest BCUT2D eigenvalue weighted by Crippen LogP contribution is -2.30. The van der Waals surface area contributed by atoms with Crippen LogP contribution in [0, 0.1) is 5.82 Å². The second-order valence-electron chi connectivity index (χ2n) is 4.75. The minimum atomic E-state index is -0.560. The van der Waals surface area contributed by atoms with Gasteiger partial charge in [0.2, 0.25) is 0 Å². The standard InChI is InChI=1S/C16H10ClFN2O2/c17-14-13(11-3-5-12(18)6-4-11)15(21)20(16(14)22)9-10-2-1-7-19-8-10/h1-8H,9H2. The SMILES string of the molecule is O=C1C(Cl)=C(c2ccc(F)cc2)C(=O)N1Cc1cccnc1. The molecule has 6 heteroatoms. The Morgan fingerprint density at radius 1 is 1.09 bits per heavy atom. The molecule has 110 valence electrons. The molecular formula is C16H10ClFN2O2. The van der Waals surface area contributed by atoms with Crippen molar-refractivity contribution >= 4 is 29.0 Å². The van der Waals surface area contributed by atoms with Gasteiger partial charge in [-0.2, -0.15) is 0 Å². The van der Waals surface area contributed by atoms with E-state index in [1.54, 1.807) is 24.5 Å². The lowest BCUT2D eigenvalue weighted by molar-refractivity contribution is -0.137. The Morgan fingerprint density at radius 3 is 2.45 bits per heavy atom. The number of imide groups is 1. The summed E-state index contributed by atoms with van der Waals surface area (Å²) in [5.41, 5.74) is 1.23. The predicted octanol–water partition coefficient (Wildman–Crippen LogP) is 2.74. The Morgan fingerprint density at radius 2 is 1.82 bits per heavy atom. The second kappa shape index (κ2) is 5.69. The molecule has 0 fully saturated rings. The van der Waals surface area contributed by atoms with E-state index in [9.17, 15) is 14.0 Å². The van der Waals surface area contributed by atoms with Crippen LogP contribution in [0.2, 0.25) is 0 Å². The quantitative estimate of drug-likeness (QED) is 0.818. The Balaban J connectivity index is 1.92.